The fourth-order valence-corrected chi connectivity index (χ4v) is 4.64. The Morgan fingerprint density at radius 3 is 2.52 bits per heavy atom. The lowest BCUT2D eigenvalue weighted by Gasteiger charge is -2.22. The first kappa shape index (κ1) is 27.2. The van der Waals surface area contributed by atoms with Crippen molar-refractivity contribution in [3.63, 3.8) is 0 Å². The average Bonchev–Trinajstić information content (AvgIpc) is 3.39. The van der Waals surface area contributed by atoms with Crippen LogP contribution in [0.25, 0.3) is 28.0 Å². The summed E-state index contributed by atoms with van der Waals surface area (Å²) in [4.78, 5) is 26.2. The fourth-order valence-electron chi connectivity index (χ4n) is 4.51. The lowest BCUT2D eigenvalue weighted by atomic mass is 10.0. The second-order valence-electron chi connectivity index (χ2n) is 10.8. The molecule has 40 heavy (non-hydrogen) atoms. The zero-order valence-corrected chi connectivity index (χ0v) is 23.7. The number of esters is 1. The van der Waals surface area contributed by atoms with E-state index in [2.05, 4.69) is 10.4 Å². The van der Waals surface area contributed by atoms with Gasteiger partial charge in [0.25, 0.3) is 0 Å². The van der Waals surface area contributed by atoms with Crippen LogP contribution in [0.1, 0.15) is 55.2 Å². The van der Waals surface area contributed by atoms with Crippen molar-refractivity contribution >= 4 is 34.2 Å². The first-order valence-electron chi connectivity index (χ1n) is 13.0. The summed E-state index contributed by atoms with van der Waals surface area (Å²) in [6.45, 7) is 9.41. The van der Waals surface area contributed by atoms with Gasteiger partial charge in [0.15, 0.2) is 5.43 Å². The van der Waals surface area contributed by atoms with E-state index >= 15 is 0 Å². The molecule has 1 N–H and O–H groups in total. The fraction of sp³-hybridized carbons (Fsp3) is 0.219. The number of ether oxygens (including phenoxy) is 1. The summed E-state index contributed by atoms with van der Waals surface area (Å²) in [6, 6.07) is 19.5. The van der Waals surface area contributed by atoms with Crippen LogP contribution in [-0.4, -0.2) is 21.4 Å². The minimum absolute atomic E-state index is 0.151. The normalized spacial score (nSPS) is 12.3. The molecule has 0 bridgehead atoms. The SMILES string of the molecule is Cc1cc(C(C)Nc2ccccc2C(=O)OC(C)(C)C)c2oc(-c3cnn(-c4ccc(Cl)cc4)c3)cc(=O)c2c1. The molecule has 3 aromatic carbocycles. The highest BCUT2D eigenvalue weighted by molar-refractivity contribution is 6.30. The molecule has 1 atom stereocenters. The number of aromatic nitrogens is 2. The van der Waals surface area contributed by atoms with Gasteiger partial charge in [0.05, 0.1) is 34.4 Å². The number of benzene rings is 3. The van der Waals surface area contributed by atoms with Crippen molar-refractivity contribution in [1.29, 1.82) is 0 Å². The molecule has 0 amide bonds. The summed E-state index contributed by atoms with van der Waals surface area (Å²) in [5, 5.41) is 8.99. The van der Waals surface area contributed by atoms with E-state index < -0.39 is 11.6 Å². The van der Waals surface area contributed by atoms with Crippen LogP contribution in [0.2, 0.25) is 5.02 Å². The number of nitrogens with zero attached hydrogens (tertiary/aromatic N) is 2. The van der Waals surface area contributed by atoms with Gasteiger partial charge in [0.2, 0.25) is 0 Å². The Morgan fingerprint density at radius 2 is 1.80 bits per heavy atom. The number of para-hydroxylation sites is 1. The molecule has 1 unspecified atom stereocenters. The molecule has 7 nitrogen and oxygen atoms in total. The summed E-state index contributed by atoms with van der Waals surface area (Å²) < 4.78 is 13.7. The van der Waals surface area contributed by atoms with Crippen molar-refractivity contribution in [3.8, 4) is 17.0 Å². The number of nitrogens with one attached hydrogen (secondary N) is 1. The first-order valence-corrected chi connectivity index (χ1v) is 13.3. The van der Waals surface area contributed by atoms with E-state index in [1.54, 1.807) is 41.3 Å². The van der Waals surface area contributed by atoms with E-state index in [9.17, 15) is 9.59 Å². The van der Waals surface area contributed by atoms with Gasteiger partial charge in [0.1, 0.15) is 16.9 Å². The summed E-state index contributed by atoms with van der Waals surface area (Å²) in [7, 11) is 0. The summed E-state index contributed by atoms with van der Waals surface area (Å²) in [5.41, 5.74) is 3.96. The predicted octanol–water partition coefficient (Wildman–Crippen LogP) is 7.74. The van der Waals surface area contributed by atoms with Gasteiger partial charge in [-0.15, -0.1) is 0 Å². The van der Waals surface area contributed by atoms with E-state index in [1.165, 1.54) is 6.07 Å². The van der Waals surface area contributed by atoms with Gasteiger partial charge in [-0.25, -0.2) is 9.48 Å². The average molecular weight is 556 g/mol. The maximum Gasteiger partial charge on any atom is 0.340 e. The number of halogens is 1. The molecule has 0 aliphatic rings. The molecular formula is C32H30ClN3O4. The Hall–Kier alpha value is -4.36. The van der Waals surface area contributed by atoms with E-state index in [-0.39, 0.29) is 11.5 Å². The molecule has 204 valence electrons. The maximum atomic E-state index is 13.3. The topological polar surface area (TPSA) is 86.4 Å². The van der Waals surface area contributed by atoms with Gasteiger partial charge >= 0.3 is 5.97 Å². The number of fused-ring (bicyclic) bond motifs is 1. The Labute approximate surface area is 237 Å². The van der Waals surface area contributed by atoms with Crippen LogP contribution in [0, 0.1) is 6.92 Å². The zero-order chi connectivity index (χ0) is 28.6. The molecule has 0 saturated heterocycles. The highest BCUT2D eigenvalue weighted by Crippen LogP contribution is 2.32. The van der Waals surface area contributed by atoms with Crippen LogP contribution in [0.4, 0.5) is 5.69 Å². The van der Waals surface area contributed by atoms with Crippen molar-refractivity contribution in [2.75, 3.05) is 5.32 Å². The van der Waals surface area contributed by atoms with Crippen molar-refractivity contribution in [1.82, 2.24) is 9.78 Å². The highest BCUT2D eigenvalue weighted by Gasteiger charge is 2.22. The molecule has 8 heteroatoms. The van der Waals surface area contributed by atoms with Crippen molar-refractivity contribution in [2.24, 2.45) is 0 Å². The van der Waals surface area contributed by atoms with E-state index in [4.69, 9.17) is 20.8 Å². The highest BCUT2D eigenvalue weighted by atomic mass is 35.5. The van der Waals surface area contributed by atoms with Crippen LogP contribution >= 0.6 is 11.6 Å². The number of rotatable bonds is 6. The third kappa shape index (κ3) is 5.80. The number of aryl methyl sites for hydroxylation is 1. The molecule has 0 saturated carbocycles. The second kappa shape index (κ2) is 10.7. The van der Waals surface area contributed by atoms with Crippen LogP contribution in [0.15, 0.2) is 88.3 Å². The van der Waals surface area contributed by atoms with E-state index in [0.717, 1.165) is 16.8 Å². The quantitative estimate of drug-likeness (QED) is 0.216. The number of hydrogen-bond acceptors (Lipinski definition) is 6. The van der Waals surface area contributed by atoms with Crippen molar-refractivity contribution < 1.29 is 13.9 Å². The monoisotopic (exact) mass is 555 g/mol. The smallest absolute Gasteiger partial charge is 0.340 e. The molecule has 5 rings (SSSR count). The number of carbonyl (C=O) groups is 1. The van der Waals surface area contributed by atoms with Gasteiger partial charge < -0.3 is 14.5 Å². The predicted molar refractivity (Wildman–Crippen MR) is 158 cm³/mol. The first-order chi connectivity index (χ1) is 19.0. The Morgan fingerprint density at radius 1 is 1.07 bits per heavy atom. The molecule has 0 aliphatic carbocycles. The third-order valence-electron chi connectivity index (χ3n) is 6.34. The van der Waals surface area contributed by atoms with Gasteiger partial charge in [-0.1, -0.05) is 29.8 Å². The molecular weight excluding hydrogens is 526 g/mol. The molecule has 0 radical (unpaired) electrons. The molecule has 0 fully saturated rings. The van der Waals surface area contributed by atoms with Crippen LogP contribution in [0.5, 0.6) is 0 Å². The summed E-state index contributed by atoms with van der Waals surface area (Å²) in [6.07, 6.45) is 3.46. The second-order valence-corrected chi connectivity index (χ2v) is 11.2. The van der Waals surface area contributed by atoms with Gasteiger partial charge in [-0.2, -0.15) is 5.10 Å². The summed E-state index contributed by atoms with van der Waals surface area (Å²) >= 11 is 6.02. The molecule has 2 heterocycles. The third-order valence-corrected chi connectivity index (χ3v) is 6.60. The van der Waals surface area contributed by atoms with Gasteiger partial charge in [0, 0.05) is 28.5 Å². The lowest BCUT2D eigenvalue weighted by molar-refractivity contribution is 0.00706. The number of carbonyl (C=O) groups excluding carboxylic acids is 1. The molecule has 0 spiro atoms. The lowest BCUT2D eigenvalue weighted by Crippen LogP contribution is -2.24. The summed E-state index contributed by atoms with van der Waals surface area (Å²) in [5.74, 6) is -0.00686. The minimum atomic E-state index is -0.621. The maximum absolute atomic E-state index is 13.3. The van der Waals surface area contributed by atoms with Crippen LogP contribution in [-0.2, 0) is 4.74 Å². The standard InChI is InChI=1S/C32H30ClN3O4/c1-19-14-25(20(2)35-27-9-7-6-8-24(27)31(38)40-32(3,4)5)30-26(15-19)28(37)16-29(39-30)21-17-34-36(18-21)23-12-10-22(33)11-13-23/h6-18,20,35H,1-5H3. The number of anilines is 1. The zero-order valence-electron chi connectivity index (χ0n) is 23.0. The van der Waals surface area contributed by atoms with Gasteiger partial charge in [-0.3, -0.25) is 4.79 Å². The molecule has 0 aliphatic heterocycles. The van der Waals surface area contributed by atoms with Crippen molar-refractivity contribution in [2.45, 2.75) is 46.3 Å². The van der Waals surface area contributed by atoms with Gasteiger partial charge in [-0.05, 0) is 82.6 Å². The Kier molecular flexibility index (Phi) is 7.25. The van der Waals surface area contributed by atoms with Crippen LogP contribution < -0.4 is 10.7 Å². The molecule has 2 aromatic heterocycles. The largest absolute Gasteiger partial charge is 0.456 e. The van der Waals surface area contributed by atoms with Crippen LogP contribution in [0.3, 0.4) is 0 Å². The van der Waals surface area contributed by atoms with E-state index in [0.29, 0.717) is 38.6 Å². The number of hydrogen-bond donors (Lipinski definition) is 1. The minimum Gasteiger partial charge on any atom is -0.456 e. The van der Waals surface area contributed by atoms with E-state index in [1.807, 2.05) is 71.0 Å². The van der Waals surface area contributed by atoms with Crippen molar-refractivity contribution in [3.05, 3.63) is 111 Å². The Balaban J connectivity index is 1.53. The Bertz CT molecular complexity index is 1760. The molecule has 5 aromatic rings.